The van der Waals surface area contributed by atoms with Gasteiger partial charge in [0.2, 0.25) is 0 Å². The molecule has 0 atom stereocenters. The molecule has 3 nitrogen and oxygen atoms in total. The molecule has 1 saturated heterocycles. The van der Waals surface area contributed by atoms with Crippen molar-refractivity contribution >= 4 is 0 Å². The minimum Gasteiger partial charge on any atom is -0.311 e. The molecule has 2 fully saturated rings. The van der Waals surface area contributed by atoms with E-state index in [4.69, 9.17) is 5.26 Å². The molecule has 3 heteroatoms. The van der Waals surface area contributed by atoms with E-state index >= 15 is 0 Å². The summed E-state index contributed by atoms with van der Waals surface area (Å²) in [5.74, 6) is 0. The number of nitrogens with one attached hydrogen (secondary N) is 1. The number of rotatable bonds is 2. The first-order chi connectivity index (χ1) is 5.88. The summed E-state index contributed by atoms with van der Waals surface area (Å²) in [7, 11) is 0. The van der Waals surface area contributed by atoms with Crippen LogP contribution in [0.4, 0.5) is 0 Å². The van der Waals surface area contributed by atoms with Gasteiger partial charge in [0.15, 0.2) is 6.19 Å². The van der Waals surface area contributed by atoms with E-state index in [-0.39, 0.29) is 0 Å². The molecular weight excluding hydrogens is 150 g/mol. The molecule has 2 aliphatic rings. The van der Waals surface area contributed by atoms with Crippen molar-refractivity contribution in [3.63, 3.8) is 0 Å². The van der Waals surface area contributed by atoms with Crippen LogP contribution in [0.1, 0.15) is 25.7 Å². The van der Waals surface area contributed by atoms with E-state index in [0.717, 1.165) is 32.0 Å². The maximum absolute atomic E-state index is 8.63. The van der Waals surface area contributed by atoms with Crippen molar-refractivity contribution in [2.75, 3.05) is 13.1 Å². The Morgan fingerprint density at radius 1 is 1.08 bits per heavy atom. The van der Waals surface area contributed by atoms with Crippen LogP contribution < -0.4 is 5.32 Å². The molecule has 0 amide bonds. The second kappa shape index (κ2) is 3.32. The molecule has 0 unspecified atom stereocenters. The van der Waals surface area contributed by atoms with Crippen molar-refractivity contribution < 1.29 is 0 Å². The Hall–Kier alpha value is -0.750. The number of likely N-dealkylation sites (tertiary alicyclic amines) is 1. The van der Waals surface area contributed by atoms with Gasteiger partial charge < -0.3 is 10.2 Å². The maximum atomic E-state index is 8.63. The lowest BCUT2D eigenvalue weighted by molar-refractivity contribution is 0.267. The molecule has 0 bridgehead atoms. The summed E-state index contributed by atoms with van der Waals surface area (Å²) in [4.78, 5) is 1.85. The summed E-state index contributed by atoms with van der Waals surface area (Å²) in [6.45, 7) is 1.89. The predicted molar refractivity (Wildman–Crippen MR) is 46.4 cm³/mol. The van der Waals surface area contributed by atoms with Crippen LogP contribution in [0.3, 0.4) is 0 Å². The van der Waals surface area contributed by atoms with E-state index in [0.29, 0.717) is 6.04 Å². The SMILES string of the molecule is N#CN1CCC(NC2CC2)CC1. The van der Waals surface area contributed by atoms with Crippen molar-refractivity contribution in [3.8, 4) is 6.19 Å². The Morgan fingerprint density at radius 2 is 1.67 bits per heavy atom. The van der Waals surface area contributed by atoms with Gasteiger partial charge in [-0.2, -0.15) is 5.26 Å². The maximum Gasteiger partial charge on any atom is 0.179 e. The van der Waals surface area contributed by atoms with Gasteiger partial charge in [0.05, 0.1) is 0 Å². The highest BCUT2D eigenvalue weighted by atomic mass is 15.1. The third-order valence-corrected chi connectivity index (χ3v) is 2.69. The van der Waals surface area contributed by atoms with Crippen LogP contribution in [0, 0.1) is 11.5 Å². The lowest BCUT2D eigenvalue weighted by atomic mass is 10.1. The molecule has 12 heavy (non-hydrogen) atoms. The third-order valence-electron chi connectivity index (χ3n) is 2.69. The zero-order valence-electron chi connectivity index (χ0n) is 7.29. The summed E-state index contributed by atoms with van der Waals surface area (Å²) in [5.41, 5.74) is 0. The fourth-order valence-corrected chi connectivity index (χ4v) is 1.73. The normalized spacial score (nSPS) is 25.4. The molecule has 1 aliphatic heterocycles. The number of nitrogens with zero attached hydrogens (tertiary/aromatic N) is 2. The Bertz CT molecular complexity index is 184. The average Bonchev–Trinajstić information content (AvgIpc) is 2.90. The summed E-state index contributed by atoms with van der Waals surface area (Å²) < 4.78 is 0. The molecule has 66 valence electrons. The smallest absolute Gasteiger partial charge is 0.179 e. The second-order valence-electron chi connectivity index (χ2n) is 3.80. The van der Waals surface area contributed by atoms with Crippen molar-refractivity contribution in [2.24, 2.45) is 0 Å². The first kappa shape index (κ1) is 7.88. The third kappa shape index (κ3) is 1.89. The number of piperidine rings is 1. The molecule has 1 heterocycles. The van der Waals surface area contributed by atoms with Gasteiger partial charge in [-0.1, -0.05) is 0 Å². The average molecular weight is 165 g/mol. The van der Waals surface area contributed by atoms with Crippen LogP contribution in [-0.2, 0) is 0 Å². The first-order valence-corrected chi connectivity index (χ1v) is 4.79. The van der Waals surface area contributed by atoms with Crippen LogP contribution in [0.15, 0.2) is 0 Å². The summed E-state index contributed by atoms with van der Waals surface area (Å²) in [6.07, 6.45) is 7.20. The lowest BCUT2D eigenvalue weighted by Crippen LogP contribution is -2.41. The largest absolute Gasteiger partial charge is 0.311 e. The van der Waals surface area contributed by atoms with Gasteiger partial charge in [-0.05, 0) is 25.7 Å². The Morgan fingerprint density at radius 3 is 2.17 bits per heavy atom. The van der Waals surface area contributed by atoms with E-state index in [9.17, 15) is 0 Å². The minimum absolute atomic E-state index is 0.682. The van der Waals surface area contributed by atoms with Gasteiger partial charge >= 0.3 is 0 Å². The Labute approximate surface area is 73.3 Å². The van der Waals surface area contributed by atoms with Crippen molar-refractivity contribution in [3.05, 3.63) is 0 Å². The molecular formula is C9H15N3. The fourth-order valence-electron chi connectivity index (χ4n) is 1.73. The molecule has 2 rings (SSSR count). The lowest BCUT2D eigenvalue weighted by Gasteiger charge is -2.28. The molecule has 0 aromatic carbocycles. The zero-order valence-corrected chi connectivity index (χ0v) is 7.29. The van der Waals surface area contributed by atoms with Crippen LogP contribution in [0.2, 0.25) is 0 Å². The van der Waals surface area contributed by atoms with Crippen molar-refractivity contribution in [2.45, 2.75) is 37.8 Å². The molecule has 1 N–H and O–H groups in total. The van der Waals surface area contributed by atoms with Crippen molar-refractivity contribution in [1.29, 1.82) is 5.26 Å². The van der Waals surface area contributed by atoms with Gasteiger partial charge in [-0.15, -0.1) is 0 Å². The zero-order chi connectivity index (χ0) is 8.39. The highest BCUT2D eigenvalue weighted by molar-refractivity contribution is 4.89. The predicted octanol–water partition coefficient (Wildman–Crippen LogP) is 0.684. The molecule has 0 spiro atoms. The Balaban J connectivity index is 1.71. The molecule has 1 aliphatic carbocycles. The Kier molecular flexibility index (Phi) is 2.18. The van der Waals surface area contributed by atoms with Crippen LogP contribution in [-0.4, -0.2) is 30.1 Å². The topological polar surface area (TPSA) is 39.1 Å². The first-order valence-electron chi connectivity index (χ1n) is 4.79. The monoisotopic (exact) mass is 165 g/mol. The van der Waals surface area contributed by atoms with Crippen LogP contribution in [0.5, 0.6) is 0 Å². The van der Waals surface area contributed by atoms with E-state index in [2.05, 4.69) is 11.5 Å². The van der Waals surface area contributed by atoms with E-state index in [1.165, 1.54) is 12.8 Å². The van der Waals surface area contributed by atoms with Gasteiger partial charge in [0.25, 0.3) is 0 Å². The van der Waals surface area contributed by atoms with Gasteiger partial charge in [-0.25, -0.2) is 0 Å². The molecule has 0 aromatic rings. The number of hydrogen-bond donors (Lipinski definition) is 1. The summed E-state index contributed by atoms with van der Waals surface area (Å²) in [5, 5.41) is 12.2. The van der Waals surface area contributed by atoms with Gasteiger partial charge in [0.1, 0.15) is 0 Å². The molecule has 1 saturated carbocycles. The number of nitriles is 1. The molecule has 0 aromatic heterocycles. The minimum atomic E-state index is 0.682. The summed E-state index contributed by atoms with van der Waals surface area (Å²) >= 11 is 0. The van der Waals surface area contributed by atoms with Gasteiger partial charge in [-0.3, -0.25) is 0 Å². The summed E-state index contributed by atoms with van der Waals surface area (Å²) in [6, 6.07) is 1.49. The van der Waals surface area contributed by atoms with Gasteiger partial charge in [0, 0.05) is 25.2 Å². The van der Waals surface area contributed by atoms with E-state index in [1.807, 2.05) is 4.90 Å². The van der Waals surface area contributed by atoms with Crippen LogP contribution >= 0.6 is 0 Å². The van der Waals surface area contributed by atoms with Crippen LogP contribution in [0.25, 0.3) is 0 Å². The van der Waals surface area contributed by atoms with E-state index in [1.54, 1.807) is 0 Å². The highest BCUT2D eigenvalue weighted by Crippen LogP contribution is 2.21. The number of hydrogen-bond acceptors (Lipinski definition) is 3. The highest BCUT2D eigenvalue weighted by Gasteiger charge is 2.26. The quantitative estimate of drug-likeness (QED) is 0.612. The fraction of sp³-hybridized carbons (Fsp3) is 0.889. The standard InChI is InChI=1S/C9H15N3/c10-7-12-5-3-9(4-6-12)11-8-1-2-8/h8-9,11H,1-6H2. The van der Waals surface area contributed by atoms with E-state index < -0.39 is 0 Å². The van der Waals surface area contributed by atoms with Crippen molar-refractivity contribution in [1.82, 2.24) is 10.2 Å². The molecule has 0 radical (unpaired) electrons. The second-order valence-corrected chi connectivity index (χ2v) is 3.80.